The molecule has 2 aromatic rings. The Morgan fingerprint density at radius 3 is 2.26 bits per heavy atom. The first kappa shape index (κ1) is 19.1. The van der Waals surface area contributed by atoms with Crippen LogP contribution in [0.4, 0.5) is 5.69 Å². The fourth-order valence-electron chi connectivity index (χ4n) is 3.46. The van der Waals surface area contributed by atoms with E-state index in [1.54, 1.807) is 0 Å². The highest BCUT2D eigenvalue weighted by molar-refractivity contribution is 6.39. The molecule has 5 nitrogen and oxygen atoms in total. The van der Waals surface area contributed by atoms with Crippen molar-refractivity contribution >= 4 is 17.5 Å². The Hall–Kier alpha value is -2.66. The van der Waals surface area contributed by atoms with Crippen LogP contribution in [0, 0.1) is 0 Å². The average Bonchev–Trinajstić information content (AvgIpc) is 2.74. The van der Waals surface area contributed by atoms with Crippen molar-refractivity contribution in [2.45, 2.75) is 31.6 Å². The summed E-state index contributed by atoms with van der Waals surface area (Å²) >= 11 is 0. The number of benzene rings is 2. The number of hydrogen-bond acceptors (Lipinski definition) is 3. The number of aryl methyl sites for hydroxylation is 1. The first-order valence-corrected chi connectivity index (χ1v) is 9.44. The Morgan fingerprint density at radius 2 is 1.63 bits per heavy atom. The van der Waals surface area contributed by atoms with Gasteiger partial charge in [-0.25, -0.2) is 0 Å². The summed E-state index contributed by atoms with van der Waals surface area (Å²) in [6, 6.07) is 17.6. The number of rotatable bonds is 5. The minimum Gasteiger partial charge on any atom is -0.381 e. The van der Waals surface area contributed by atoms with Crippen molar-refractivity contribution < 1.29 is 14.3 Å². The average molecular weight is 366 g/mol. The molecule has 0 spiro atoms. The van der Waals surface area contributed by atoms with Crippen LogP contribution in [-0.2, 0) is 26.2 Å². The maximum atomic E-state index is 12.3. The van der Waals surface area contributed by atoms with Gasteiger partial charge in [0.15, 0.2) is 0 Å². The molecule has 0 bridgehead atoms. The van der Waals surface area contributed by atoms with E-state index in [1.165, 1.54) is 11.1 Å². The Kier molecular flexibility index (Phi) is 6.24. The third-order valence-electron chi connectivity index (χ3n) is 5.25. The van der Waals surface area contributed by atoms with E-state index < -0.39 is 11.8 Å². The molecule has 0 unspecified atom stereocenters. The number of anilines is 1. The quantitative estimate of drug-likeness (QED) is 0.799. The molecule has 1 saturated heterocycles. The third-order valence-corrected chi connectivity index (χ3v) is 5.25. The number of nitrogens with one attached hydrogen (secondary N) is 2. The fraction of sp³-hybridized carbons (Fsp3) is 0.364. The minimum absolute atomic E-state index is 0.196. The molecule has 1 heterocycles. The number of hydrogen-bond donors (Lipinski definition) is 2. The van der Waals surface area contributed by atoms with Crippen LogP contribution in [0.5, 0.6) is 0 Å². The number of carbonyl (C=O) groups excluding carboxylic acids is 2. The lowest BCUT2D eigenvalue weighted by Crippen LogP contribution is -2.47. The van der Waals surface area contributed by atoms with Crippen molar-refractivity contribution in [3.63, 3.8) is 0 Å². The number of amides is 2. The first-order valence-electron chi connectivity index (χ1n) is 9.44. The summed E-state index contributed by atoms with van der Waals surface area (Å²) in [5.74, 6) is -1.26. The Morgan fingerprint density at radius 1 is 0.963 bits per heavy atom. The zero-order valence-corrected chi connectivity index (χ0v) is 15.7. The summed E-state index contributed by atoms with van der Waals surface area (Å²) in [5.41, 5.74) is 2.78. The lowest BCUT2D eigenvalue weighted by atomic mass is 9.74. The van der Waals surface area contributed by atoms with E-state index in [0.29, 0.717) is 25.4 Å². The second kappa shape index (κ2) is 8.82. The molecule has 0 saturated carbocycles. The monoisotopic (exact) mass is 366 g/mol. The smallest absolute Gasteiger partial charge is 0.313 e. The van der Waals surface area contributed by atoms with Crippen molar-refractivity contribution in [2.75, 3.05) is 25.1 Å². The number of ether oxygens (including phenoxy) is 1. The summed E-state index contributed by atoms with van der Waals surface area (Å²) in [4.78, 5) is 24.6. The van der Waals surface area contributed by atoms with E-state index in [2.05, 4.69) is 29.7 Å². The van der Waals surface area contributed by atoms with Crippen molar-refractivity contribution in [3.8, 4) is 0 Å². The van der Waals surface area contributed by atoms with Gasteiger partial charge in [-0.15, -0.1) is 0 Å². The fourth-order valence-corrected chi connectivity index (χ4v) is 3.46. The highest BCUT2D eigenvalue weighted by atomic mass is 16.5. The molecule has 1 aliphatic rings. The van der Waals surface area contributed by atoms with Crippen LogP contribution in [0.1, 0.15) is 30.9 Å². The first-order chi connectivity index (χ1) is 13.1. The van der Waals surface area contributed by atoms with Gasteiger partial charge < -0.3 is 15.4 Å². The molecular weight excluding hydrogens is 340 g/mol. The molecule has 0 aliphatic carbocycles. The molecule has 27 heavy (non-hydrogen) atoms. The van der Waals surface area contributed by atoms with Gasteiger partial charge in [0.1, 0.15) is 0 Å². The maximum absolute atomic E-state index is 12.3. The molecule has 1 aliphatic heterocycles. The zero-order chi connectivity index (χ0) is 19.1. The van der Waals surface area contributed by atoms with Gasteiger partial charge in [-0.1, -0.05) is 49.4 Å². The molecule has 2 amide bonds. The molecule has 2 aromatic carbocycles. The number of carbonyl (C=O) groups is 2. The summed E-state index contributed by atoms with van der Waals surface area (Å²) in [7, 11) is 0. The van der Waals surface area contributed by atoms with Crippen molar-refractivity contribution in [1.29, 1.82) is 0 Å². The van der Waals surface area contributed by atoms with E-state index in [1.807, 2.05) is 42.5 Å². The third kappa shape index (κ3) is 4.74. The lowest BCUT2D eigenvalue weighted by Gasteiger charge is -2.37. The molecule has 3 rings (SSSR count). The Bertz CT molecular complexity index is 766. The van der Waals surface area contributed by atoms with Crippen LogP contribution in [-0.4, -0.2) is 31.6 Å². The maximum Gasteiger partial charge on any atom is 0.313 e. The highest BCUT2D eigenvalue weighted by Crippen LogP contribution is 2.34. The summed E-state index contributed by atoms with van der Waals surface area (Å²) < 4.78 is 5.51. The van der Waals surface area contributed by atoms with Gasteiger partial charge in [0.05, 0.1) is 0 Å². The van der Waals surface area contributed by atoms with Crippen LogP contribution >= 0.6 is 0 Å². The minimum atomic E-state index is -0.644. The Labute approximate surface area is 160 Å². The van der Waals surface area contributed by atoms with Gasteiger partial charge >= 0.3 is 11.8 Å². The van der Waals surface area contributed by atoms with Crippen LogP contribution in [0.15, 0.2) is 54.6 Å². The normalized spacial score (nSPS) is 15.7. The zero-order valence-electron chi connectivity index (χ0n) is 15.7. The molecular formula is C22H26N2O3. The molecule has 142 valence electrons. The molecule has 0 radical (unpaired) electrons. The van der Waals surface area contributed by atoms with Crippen LogP contribution in [0.3, 0.4) is 0 Å². The van der Waals surface area contributed by atoms with Gasteiger partial charge in [0.2, 0.25) is 0 Å². The van der Waals surface area contributed by atoms with Gasteiger partial charge in [-0.2, -0.15) is 0 Å². The van der Waals surface area contributed by atoms with E-state index in [-0.39, 0.29) is 5.41 Å². The Balaban J connectivity index is 1.62. The predicted molar refractivity (Wildman–Crippen MR) is 106 cm³/mol. The van der Waals surface area contributed by atoms with Crippen molar-refractivity contribution in [1.82, 2.24) is 5.32 Å². The molecule has 0 atom stereocenters. The van der Waals surface area contributed by atoms with Crippen LogP contribution in [0.25, 0.3) is 0 Å². The van der Waals surface area contributed by atoms with E-state index in [0.717, 1.165) is 19.3 Å². The van der Waals surface area contributed by atoms with E-state index in [9.17, 15) is 9.59 Å². The summed E-state index contributed by atoms with van der Waals surface area (Å²) in [5, 5.41) is 5.49. The second-order valence-corrected chi connectivity index (χ2v) is 6.95. The topological polar surface area (TPSA) is 67.4 Å². The van der Waals surface area contributed by atoms with Crippen LogP contribution < -0.4 is 10.6 Å². The van der Waals surface area contributed by atoms with Crippen LogP contribution in [0.2, 0.25) is 0 Å². The van der Waals surface area contributed by atoms with Crippen molar-refractivity contribution in [3.05, 3.63) is 65.7 Å². The van der Waals surface area contributed by atoms with Gasteiger partial charge in [-0.3, -0.25) is 9.59 Å². The van der Waals surface area contributed by atoms with Crippen molar-refractivity contribution in [2.24, 2.45) is 0 Å². The van der Waals surface area contributed by atoms with E-state index >= 15 is 0 Å². The molecule has 1 fully saturated rings. The molecule has 2 N–H and O–H groups in total. The van der Waals surface area contributed by atoms with Gasteiger partial charge in [-0.05, 0) is 42.5 Å². The second-order valence-electron chi connectivity index (χ2n) is 6.95. The summed E-state index contributed by atoms with van der Waals surface area (Å²) in [6.45, 7) is 3.79. The predicted octanol–water partition coefficient (Wildman–Crippen LogP) is 3.05. The summed E-state index contributed by atoms with van der Waals surface area (Å²) in [6.07, 6.45) is 2.56. The lowest BCUT2D eigenvalue weighted by molar-refractivity contribution is -0.136. The standard InChI is InChI=1S/C22H26N2O3/c1-2-17-8-10-19(11-9-17)24-21(26)20(25)23-16-22(12-14-27-15-13-22)18-6-4-3-5-7-18/h3-11H,2,12-16H2,1H3,(H,23,25)(H,24,26). The molecule has 0 aromatic heterocycles. The van der Waals surface area contributed by atoms with Gasteiger partial charge in [0, 0.05) is 30.9 Å². The molecule has 5 heteroatoms. The van der Waals surface area contributed by atoms with E-state index in [4.69, 9.17) is 4.74 Å². The van der Waals surface area contributed by atoms with Gasteiger partial charge in [0.25, 0.3) is 0 Å². The SMILES string of the molecule is CCc1ccc(NC(=O)C(=O)NCC2(c3ccccc3)CCOCC2)cc1. The largest absolute Gasteiger partial charge is 0.381 e. The highest BCUT2D eigenvalue weighted by Gasteiger charge is 2.35.